The van der Waals surface area contributed by atoms with E-state index < -0.39 is 0 Å². The van der Waals surface area contributed by atoms with Gasteiger partial charge >= 0.3 is 0 Å². The predicted octanol–water partition coefficient (Wildman–Crippen LogP) is 3.98. The molecule has 4 heteroatoms. The highest BCUT2D eigenvalue weighted by Crippen LogP contribution is 2.20. The van der Waals surface area contributed by atoms with Crippen molar-refractivity contribution in [3.63, 3.8) is 0 Å². The molecule has 0 atom stereocenters. The molecule has 0 aromatic heterocycles. The van der Waals surface area contributed by atoms with Gasteiger partial charge in [0.1, 0.15) is 0 Å². The molecule has 0 spiro atoms. The Morgan fingerprint density at radius 3 is 2.70 bits per heavy atom. The van der Waals surface area contributed by atoms with Crippen molar-refractivity contribution < 1.29 is 13.9 Å². The number of unbranched alkanes of at least 4 members (excludes halogenated alkanes) is 2. The summed E-state index contributed by atoms with van der Waals surface area (Å²) in [4.78, 5) is 9.55. The first-order chi connectivity index (χ1) is 9.88. The summed E-state index contributed by atoms with van der Waals surface area (Å²) in [7, 11) is 0.500. The van der Waals surface area contributed by atoms with Crippen molar-refractivity contribution in [2.45, 2.75) is 39.0 Å². The number of halogens is 1. The van der Waals surface area contributed by atoms with Gasteiger partial charge in [-0.2, -0.15) is 0 Å². The number of nitrogens with one attached hydrogen (secondary N) is 1. The average molecular weight is 283 g/mol. The van der Waals surface area contributed by atoms with Gasteiger partial charge in [-0.25, -0.2) is 0 Å². The van der Waals surface area contributed by atoms with Crippen LogP contribution in [0.4, 0.5) is 10.1 Å². The van der Waals surface area contributed by atoms with Crippen LogP contribution in [-0.2, 0) is 16.0 Å². The predicted molar refractivity (Wildman–Crippen MR) is 81.8 cm³/mol. The summed E-state index contributed by atoms with van der Waals surface area (Å²) in [5, 5.41) is 3.36. The third kappa shape index (κ3) is 8.51. The van der Waals surface area contributed by atoms with Crippen LogP contribution in [0, 0.1) is 0 Å². The average Bonchev–Trinajstić information content (AvgIpc) is 2.54. The SMILES string of the molecule is CCCCCOC=O.CF.c1ccc2c(c1)CCCN2. The molecule has 0 bridgehead atoms. The number of para-hydroxylation sites is 1. The Kier molecular flexibility index (Phi) is 12.7. The fourth-order valence-electron chi connectivity index (χ4n) is 1.90. The number of hydrogen-bond acceptors (Lipinski definition) is 3. The number of rotatable bonds is 5. The second kappa shape index (κ2) is 13.8. The summed E-state index contributed by atoms with van der Waals surface area (Å²) in [5.41, 5.74) is 2.79. The minimum absolute atomic E-state index is 0.496. The Labute approximate surface area is 121 Å². The molecule has 1 aromatic carbocycles. The first kappa shape index (κ1) is 18.4. The van der Waals surface area contributed by atoms with Crippen LogP contribution >= 0.6 is 0 Å². The lowest BCUT2D eigenvalue weighted by atomic mass is 10.0. The van der Waals surface area contributed by atoms with Crippen LogP contribution < -0.4 is 5.32 Å². The maximum absolute atomic E-state index is 9.55. The molecule has 114 valence electrons. The molecule has 1 heterocycles. The molecular formula is C16H26FNO2. The Morgan fingerprint density at radius 1 is 1.30 bits per heavy atom. The molecule has 3 nitrogen and oxygen atoms in total. The van der Waals surface area contributed by atoms with Crippen molar-refractivity contribution in [3.05, 3.63) is 29.8 Å². The molecular weight excluding hydrogens is 257 g/mol. The minimum Gasteiger partial charge on any atom is -0.468 e. The van der Waals surface area contributed by atoms with Crippen molar-refractivity contribution in [2.75, 3.05) is 25.6 Å². The molecule has 1 aliphatic heterocycles. The number of carbonyl (C=O) groups excluding carboxylic acids is 1. The van der Waals surface area contributed by atoms with Gasteiger partial charge in [-0.3, -0.25) is 9.18 Å². The summed E-state index contributed by atoms with van der Waals surface area (Å²) >= 11 is 0. The fourth-order valence-corrected chi connectivity index (χ4v) is 1.90. The van der Waals surface area contributed by atoms with Crippen molar-refractivity contribution in [1.82, 2.24) is 0 Å². The Balaban J connectivity index is 0.000000330. The van der Waals surface area contributed by atoms with Gasteiger partial charge in [-0.1, -0.05) is 38.0 Å². The van der Waals surface area contributed by atoms with Crippen molar-refractivity contribution in [2.24, 2.45) is 0 Å². The van der Waals surface area contributed by atoms with Crippen LogP contribution in [0.1, 0.15) is 38.2 Å². The molecule has 0 aliphatic carbocycles. The van der Waals surface area contributed by atoms with Crippen LogP contribution in [0.15, 0.2) is 24.3 Å². The summed E-state index contributed by atoms with van der Waals surface area (Å²) in [6.45, 7) is 4.32. The van der Waals surface area contributed by atoms with Crippen molar-refractivity contribution >= 4 is 12.2 Å². The normalized spacial score (nSPS) is 11.6. The number of fused-ring (bicyclic) bond motifs is 1. The van der Waals surface area contributed by atoms with Gasteiger partial charge in [0.05, 0.1) is 13.8 Å². The lowest BCUT2D eigenvalue weighted by Gasteiger charge is -2.16. The topological polar surface area (TPSA) is 38.3 Å². The first-order valence-corrected chi connectivity index (χ1v) is 7.13. The highest BCUT2D eigenvalue weighted by Gasteiger charge is 2.04. The Bertz CT molecular complexity index is 320. The molecule has 1 aliphatic rings. The van der Waals surface area contributed by atoms with E-state index in [9.17, 15) is 9.18 Å². The maximum atomic E-state index is 9.55. The fraction of sp³-hybridized carbons (Fsp3) is 0.562. The van der Waals surface area contributed by atoms with Crippen LogP contribution in [0.3, 0.4) is 0 Å². The molecule has 2 rings (SSSR count). The van der Waals surface area contributed by atoms with Crippen LogP contribution in [0.5, 0.6) is 0 Å². The number of aryl methyl sites for hydroxylation is 1. The zero-order valence-corrected chi connectivity index (χ0v) is 12.5. The molecule has 0 fully saturated rings. The van der Waals surface area contributed by atoms with Gasteiger partial charge in [-0.05, 0) is 30.9 Å². The van der Waals surface area contributed by atoms with Crippen molar-refractivity contribution in [3.8, 4) is 0 Å². The van der Waals surface area contributed by atoms with E-state index in [0.29, 0.717) is 20.3 Å². The van der Waals surface area contributed by atoms with Gasteiger partial charge < -0.3 is 10.1 Å². The number of ether oxygens (including phenoxy) is 1. The number of anilines is 1. The molecule has 0 radical (unpaired) electrons. The second-order valence-electron chi connectivity index (χ2n) is 4.36. The summed E-state index contributed by atoms with van der Waals surface area (Å²) in [6, 6.07) is 8.53. The molecule has 0 amide bonds. The first-order valence-electron chi connectivity index (χ1n) is 7.13. The van der Waals surface area contributed by atoms with Crippen molar-refractivity contribution in [1.29, 1.82) is 0 Å². The quantitative estimate of drug-likeness (QED) is 0.656. The van der Waals surface area contributed by atoms with E-state index >= 15 is 0 Å². The van der Waals surface area contributed by atoms with Crippen LogP contribution in [-0.4, -0.2) is 26.8 Å². The summed E-state index contributed by atoms with van der Waals surface area (Å²) in [6.07, 6.45) is 5.82. The summed E-state index contributed by atoms with van der Waals surface area (Å²) < 4.78 is 14.0. The van der Waals surface area contributed by atoms with E-state index in [0.717, 1.165) is 19.4 Å². The standard InChI is InChI=1S/C9H11N.C6H12O2.CH3F/c1-2-6-9-8(4-1)5-3-7-10-9;1-2-3-4-5-8-6-7;1-2/h1-2,4,6,10H,3,5,7H2;6H,2-5H2,1H3;1H3. The van der Waals surface area contributed by atoms with Crippen LogP contribution in [0.2, 0.25) is 0 Å². The van der Waals surface area contributed by atoms with Gasteiger partial charge in [0.15, 0.2) is 0 Å². The van der Waals surface area contributed by atoms with E-state index in [4.69, 9.17) is 0 Å². The van der Waals surface area contributed by atoms with Gasteiger partial charge in [0.25, 0.3) is 6.47 Å². The third-order valence-electron chi connectivity index (χ3n) is 2.89. The van der Waals surface area contributed by atoms with E-state index in [1.54, 1.807) is 0 Å². The molecule has 0 unspecified atom stereocenters. The Morgan fingerprint density at radius 2 is 2.05 bits per heavy atom. The van der Waals surface area contributed by atoms with E-state index in [2.05, 4.69) is 41.2 Å². The van der Waals surface area contributed by atoms with E-state index in [-0.39, 0.29) is 0 Å². The van der Waals surface area contributed by atoms with Gasteiger partial charge in [0.2, 0.25) is 0 Å². The Hall–Kier alpha value is -1.58. The second-order valence-corrected chi connectivity index (χ2v) is 4.36. The van der Waals surface area contributed by atoms with E-state index in [1.807, 2.05) is 0 Å². The molecule has 20 heavy (non-hydrogen) atoms. The van der Waals surface area contributed by atoms with Gasteiger partial charge in [0, 0.05) is 12.2 Å². The monoisotopic (exact) mass is 283 g/mol. The molecule has 1 N–H and O–H groups in total. The highest BCUT2D eigenvalue weighted by atomic mass is 19.1. The zero-order chi connectivity index (χ0) is 15.1. The highest BCUT2D eigenvalue weighted by molar-refractivity contribution is 5.52. The zero-order valence-electron chi connectivity index (χ0n) is 12.5. The van der Waals surface area contributed by atoms with Crippen LogP contribution in [0.25, 0.3) is 0 Å². The number of alkyl halides is 1. The maximum Gasteiger partial charge on any atom is 0.293 e. The molecule has 1 aromatic rings. The summed E-state index contributed by atoms with van der Waals surface area (Å²) in [5.74, 6) is 0. The molecule has 0 saturated heterocycles. The number of benzene rings is 1. The lowest BCUT2D eigenvalue weighted by Crippen LogP contribution is -2.10. The molecule has 0 saturated carbocycles. The van der Waals surface area contributed by atoms with Gasteiger partial charge in [-0.15, -0.1) is 0 Å². The lowest BCUT2D eigenvalue weighted by molar-refractivity contribution is -0.128. The number of hydrogen-bond donors (Lipinski definition) is 1. The third-order valence-corrected chi connectivity index (χ3v) is 2.89. The minimum atomic E-state index is 0.496. The smallest absolute Gasteiger partial charge is 0.293 e. The number of carbonyl (C=O) groups is 1. The largest absolute Gasteiger partial charge is 0.468 e. The van der Waals surface area contributed by atoms with E-state index in [1.165, 1.54) is 30.5 Å².